The molecule has 3 heterocycles. The van der Waals surface area contributed by atoms with E-state index in [1.165, 1.54) is 18.1 Å². The molecule has 0 amide bonds. The lowest BCUT2D eigenvalue weighted by atomic mass is 10.1. The summed E-state index contributed by atoms with van der Waals surface area (Å²) in [5.74, 6) is 0. The zero-order chi connectivity index (χ0) is 15.1. The Morgan fingerprint density at radius 1 is 1.43 bits per heavy atom. The molecule has 4 atom stereocenters. The molecule has 0 bridgehead atoms. The lowest BCUT2D eigenvalue weighted by Gasteiger charge is -2.15. The fourth-order valence-electron chi connectivity index (χ4n) is 2.31. The van der Waals surface area contributed by atoms with Crippen LogP contribution in [0.15, 0.2) is 6.33 Å². The van der Waals surface area contributed by atoms with E-state index < -0.39 is 24.5 Å². The van der Waals surface area contributed by atoms with E-state index in [2.05, 4.69) is 15.1 Å². The third kappa shape index (κ3) is 2.51. The van der Waals surface area contributed by atoms with E-state index in [0.29, 0.717) is 14.7 Å². The van der Waals surface area contributed by atoms with Gasteiger partial charge in [0.15, 0.2) is 11.9 Å². The van der Waals surface area contributed by atoms with E-state index in [9.17, 15) is 10.2 Å². The highest BCUT2D eigenvalue weighted by molar-refractivity contribution is 14.1. The first-order valence-electron chi connectivity index (χ1n) is 6.09. The van der Waals surface area contributed by atoms with E-state index in [0.717, 1.165) is 0 Å². The molecule has 0 saturated carbocycles. The van der Waals surface area contributed by atoms with Gasteiger partial charge in [-0.2, -0.15) is 5.10 Å². The molecular weight excluding hydrogens is 415 g/mol. The Morgan fingerprint density at radius 2 is 2.19 bits per heavy atom. The summed E-state index contributed by atoms with van der Waals surface area (Å²) in [6, 6.07) is 0. The van der Waals surface area contributed by atoms with E-state index in [1.807, 2.05) is 22.6 Å². The van der Waals surface area contributed by atoms with Gasteiger partial charge in [0.05, 0.1) is 12.0 Å². The van der Waals surface area contributed by atoms with Gasteiger partial charge in [-0.25, -0.2) is 14.6 Å². The SMILES string of the molecule is COC[C@H]1O[C@@H](n2nc(I)c3c(Cl)ncnc32)[C@@H](O)[C@H]1O. The Kier molecular flexibility index (Phi) is 4.30. The topological polar surface area (TPSA) is 103 Å². The average molecular weight is 427 g/mol. The zero-order valence-corrected chi connectivity index (χ0v) is 13.8. The second-order valence-electron chi connectivity index (χ2n) is 4.60. The van der Waals surface area contributed by atoms with Crippen LogP contribution in [0.25, 0.3) is 11.0 Å². The van der Waals surface area contributed by atoms with Crippen molar-refractivity contribution in [3.63, 3.8) is 0 Å². The fraction of sp³-hybridized carbons (Fsp3) is 0.545. The summed E-state index contributed by atoms with van der Waals surface area (Å²) in [4.78, 5) is 8.04. The molecule has 1 saturated heterocycles. The minimum Gasteiger partial charge on any atom is -0.387 e. The molecule has 0 spiro atoms. The monoisotopic (exact) mass is 426 g/mol. The Balaban J connectivity index is 2.03. The standard InChI is InChI=1S/C11H12ClIN4O4/c1-20-2-4-6(18)7(19)11(21-4)17-10-5(9(13)16-17)8(12)14-3-15-10/h3-4,6-7,11,18-19H,2H2,1H3/t4-,6+,7+,11-/m1/s1. The van der Waals surface area contributed by atoms with Gasteiger partial charge in [-0.05, 0) is 22.6 Å². The third-order valence-corrected chi connectivity index (χ3v) is 4.35. The molecular formula is C11H12ClIN4O4. The first-order valence-corrected chi connectivity index (χ1v) is 7.55. The maximum Gasteiger partial charge on any atom is 0.181 e. The number of methoxy groups -OCH3 is 1. The molecule has 2 N–H and O–H groups in total. The van der Waals surface area contributed by atoms with Gasteiger partial charge in [-0.1, -0.05) is 11.6 Å². The Morgan fingerprint density at radius 3 is 2.90 bits per heavy atom. The molecule has 0 radical (unpaired) electrons. The van der Waals surface area contributed by atoms with Crippen molar-refractivity contribution in [1.82, 2.24) is 19.7 Å². The molecule has 1 aliphatic rings. The third-order valence-electron chi connectivity index (χ3n) is 3.31. The van der Waals surface area contributed by atoms with Crippen LogP contribution in [0.5, 0.6) is 0 Å². The van der Waals surface area contributed by atoms with Crippen molar-refractivity contribution in [2.45, 2.75) is 24.5 Å². The quantitative estimate of drug-likeness (QED) is 0.539. The van der Waals surface area contributed by atoms with Crippen LogP contribution in [0.1, 0.15) is 6.23 Å². The predicted molar refractivity (Wildman–Crippen MR) is 80.8 cm³/mol. The molecule has 3 rings (SSSR count). The van der Waals surface area contributed by atoms with E-state index in [4.69, 9.17) is 21.1 Å². The maximum absolute atomic E-state index is 10.2. The molecule has 1 aliphatic heterocycles. The van der Waals surface area contributed by atoms with Gasteiger partial charge in [0.2, 0.25) is 0 Å². The normalized spacial score (nSPS) is 29.4. The maximum atomic E-state index is 10.2. The Bertz CT molecular complexity index is 669. The Labute approximate surface area is 138 Å². The Hall–Kier alpha value is -0.590. The lowest BCUT2D eigenvalue weighted by Crippen LogP contribution is -2.33. The largest absolute Gasteiger partial charge is 0.387 e. The summed E-state index contributed by atoms with van der Waals surface area (Å²) in [6.45, 7) is 0.167. The summed E-state index contributed by atoms with van der Waals surface area (Å²) in [6.07, 6.45) is -2.40. The van der Waals surface area contributed by atoms with Crippen LogP contribution in [-0.4, -0.2) is 62.0 Å². The van der Waals surface area contributed by atoms with Gasteiger partial charge in [0.25, 0.3) is 0 Å². The van der Waals surface area contributed by atoms with Gasteiger partial charge in [-0.3, -0.25) is 0 Å². The van der Waals surface area contributed by atoms with Crippen molar-refractivity contribution in [1.29, 1.82) is 0 Å². The van der Waals surface area contributed by atoms with Crippen molar-refractivity contribution in [2.75, 3.05) is 13.7 Å². The number of nitrogens with zero attached hydrogens (tertiary/aromatic N) is 4. The summed E-state index contributed by atoms with van der Waals surface area (Å²) in [7, 11) is 1.50. The van der Waals surface area contributed by atoms with Gasteiger partial charge in [0.1, 0.15) is 33.5 Å². The number of ether oxygens (including phenoxy) is 2. The minimum absolute atomic E-state index is 0.167. The average Bonchev–Trinajstić information content (AvgIpc) is 2.93. The van der Waals surface area contributed by atoms with Crippen LogP contribution < -0.4 is 0 Å². The summed E-state index contributed by atoms with van der Waals surface area (Å²) < 4.78 is 12.6. The van der Waals surface area contributed by atoms with Crippen molar-refractivity contribution in [3.8, 4) is 0 Å². The molecule has 2 aromatic rings. The smallest absolute Gasteiger partial charge is 0.181 e. The molecule has 0 unspecified atom stereocenters. The lowest BCUT2D eigenvalue weighted by molar-refractivity contribution is -0.0630. The van der Waals surface area contributed by atoms with Crippen molar-refractivity contribution < 1.29 is 19.7 Å². The molecule has 10 heteroatoms. The second-order valence-corrected chi connectivity index (χ2v) is 5.98. The van der Waals surface area contributed by atoms with Crippen LogP contribution in [0.2, 0.25) is 5.15 Å². The number of hydrogen-bond acceptors (Lipinski definition) is 7. The molecule has 21 heavy (non-hydrogen) atoms. The highest BCUT2D eigenvalue weighted by Gasteiger charge is 2.45. The first kappa shape index (κ1) is 15.3. The number of aromatic nitrogens is 4. The number of aliphatic hydroxyl groups excluding tert-OH is 2. The van der Waals surface area contributed by atoms with Gasteiger partial charge >= 0.3 is 0 Å². The van der Waals surface area contributed by atoms with Crippen molar-refractivity contribution in [3.05, 3.63) is 15.2 Å². The molecule has 0 aliphatic carbocycles. The van der Waals surface area contributed by atoms with Crippen molar-refractivity contribution >= 4 is 45.2 Å². The number of hydrogen-bond donors (Lipinski definition) is 2. The van der Waals surface area contributed by atoms with Crippen LogP contribution in [0.4, 0.5) is 0 Å². The number of aliphatic hydroxyl groups is 2. The van der Waals surface area contributed by atoms with Gasteiger partial charge in [-0.15, -0.1) is 0 Å². The van der Waals surface area contributed by atoms with Crippen LogP contribution in [0.3, 0.4) is 0 Å². The van der Waals surface area contributed by atoms with E-state index >= 15 is 0 Å². The molecule has 0 aromatic carbocycles. The fourth-order valence-corrected chi connectivity index (χ4v) is 3.42. The first-order chi connectivity index (χ1) is 10.0. The van der Waals surface area contributed by atoms with Crippen LogP contribution in [-0.2, 0) is 9.47 Å². The van der Waals surface area contributed by atoms with Crippen LogP contribution >= 0.6 is 34.2 Å². The number of fused-ring (bicyclic) bond motifs is 1. The summed E-state index contributed by atoms with van der Waals surface area (Å²) >= 11 is 8.05. The minimum atomic E-state index is -1.14. The second kappa shape index (κ2) is 5.89. The van der Waals surface area contributed by atoms with Crippen molar-refractivity contribution in [2.24, 2.45) is 0 Å². The number of rotatable bonds is 3. The molecule has 8 nitrogen and oxygen atoms in total. The highest BCUT2D eigenvalue weighted by atomic mass is 127. The van der Waals surface area contributed by atoms with E-state index in [1.54, 1.807) is 0 Å². The summed E-state index contributed by atoms with van der Waals surface area (Å²) in [5, 5.41) is 25.3. The molecule has 2 aromatic heterocycles. The molecule has 114 valence electrons. The van der Waals surface area contributed by atoms with Gasteiger partial charge in [0, 0.05) is 7.11 Å². The summed E-state index contributed by atoms with van der Waals surface area (Å²) in [5.41, 5.74) is 0.439. The highest BCUT2D eigenvalue weighted by Crippen LogP contribution is 2.33. The van der Waals surface area contributed by atoms with E-state index in [-0.39, 0.29) is 11.8 Å². The predicted octanol–water partition coefficient (Wildman–Crippen LogP) is 0.350. The molecule has 1 fully saturated rings. The number of halogens is 2. The zero-order valence-electron chi connectivity index (χ0n) is 10.8. The van der Waals surface area contributed by atoms with Gasteiger partial charge < -0.3 is 19.7 Å². The van der Waals surface area contributed by atoms with Crippen LogP contribution in [0, 0.1) is 3.70 Å².